The molecule has 5 nitrogen and oxygen atoms in total. The Hall–Kier alpha value is -3.34. The average Bonchev–Trinajstić information content (AvgIpc) is 3.22. The molecule has 0 spiro atoms. The van der Waals surface area contributed by atoms with E-state index in [-0.39, 0.29) is 17.9 Å². The fraction of sp³-hybridized carbons (Fsp3) is 0.217. The minimum atomic E-state index is -0.196. The van der Waals surface area contributed by atoms with Crippen molar-refractivity contribution in [2.24, 2.45) is 0 Å². The van der Waals surface area contributed by atoms with Gasteiger partial charge in [0.2, 0.25) is 5.91 Å². The molecule has 142 valence electrons. The van der Waals surface area contributed by atoms with Gasteiger partial charge in [-0.15, -0.1) is 0 Å². The monoisotopic (exact) mass is 374 g/mol. The van der Waals surface area contributed by atoms with Gasteiger partial charge in [0.25, 0.3) is 5.91 Å². The Morgan fingerprint density at radius 3 is 2.46 bits per heavy atom. The molecule has 0 bridgehead atoms. The number of nitrogens with zero attached hydrogens (tertiary/aromatic N) is 2. The van der Waals surface area contributed by atoms with E-state index in [0.717, 1.165) is 23.4 Å². The molecule has 1 atom stereocenters. The number of amides is 2. The molecule has 1 aliphatic rings. The second kappa shape index (κ2) is 7.35. The summed E-state index contributed by atoms with van der Waals surface area (Å²) in [5, 5.41) is 0. The van der Waals surface area contributed by atoms with E-state index in [2.05, 4.69) is 12.1 Å². The lowest BCUT2D eigenvalue weighted by molar-refractivity contribution is -0.117. The van der Waals surface area contributed by atoms with E-state index < -0.39 is 0 Å². The molecule has 0 radical (unpaired) electrons. The minimum Gasteiger partial charge on any atom is -0.459 e. The van der Waals surface area contributed by atoms with Gasteiger partial charge >= 0.3 is 0 Å². The summed E-state index contributed by atoms with van der Waals surface area (Å²) in [6, 6.07) is 19.4. The third-order valence-electron chi connectivity index (χ3n) is 5.05. The molecule has 5 heteroatoms. The average molecular weight is 374 g/mol. The van der Waals surface area contributed by atoms with E-state index >= 15 is 0 Å². The number of hydrogen-bond acceptors (Lipinski definition) is 3. The predicted molar refractivity (Wildman–Crippen MR) is 109 cm³/mol. The molecule has 0 aliphatic carbocycles. The van der Waals surface area contributed by atoms with Crippen molar-refractivity contribution in [1.82, 2.24) is 0 Å². The number of furan rings is 1. The number of carbonyl (C=O) groups excluding carboxylic acids is 2. The highest BCUT2D eigenvalue weighted by Crippen LogP contribution is 2.37. The first-order valence-electron chi connectivity index (χ1n) is 9.36. The third kappa shape index (κ3) is 3.31. The van der Waals surface area contributed by atoms with Crippen LogP contribution in [0.5, 0.6) is 0 Å². The van der Waals surface area contributed by atoms with Crippen molar-refractivity contribution in [1.29, 1.82) is 0 Å². The molecule has 1 aliphatic heterocycles. The van der Waals surface area contributed by atoms with Gasteiger partial charge in [0.15, 0.2) is 5.76 Å². The highest BCUT2D eigenvalue weighted by Gasteiger charge is 2.34. The van der Waals surface area contributed by atoms with Crippen molar-refractivity contribution in [3.05, 3.63) is 83.8 Å². The van der Waals surface area contributed by atoms with Crippen LogP contribution in [0, 0.1) is 0 Å². The van der Waals surface area contributed by atoms with Crippen molar-refractivity contribution in [2.75, 3.05) is 16.3 Å². The van der Waals surface area contributed by atoms with Crippen molar-refractivity contribution in [3.63, 3.8) is 0 Å². The van der Waals surface area contributed by atoms with E-state index in [1.807, 2.05) is 43.3 Å². The number of benzene rings is 2. The van der Waals surface area contributed by atoms with Crippen LogP contribution < -0.4 is 9.80 Å². The van der Waals surface area contributed by atoms with Crippen molar-refractivity contribution < 1.29 is 14.0 Å². The zero-order valence-corrected chi connectivity index (χ0v) is 16.0. The van der Waals surface area contributed by atoms with Crippen LogP contribution in [0.15, 0.2) is 71.3 Å². The van der Waals surface area contributed by atoms with E-state index in [4.69, 9.17) is 4.42 Å². The largest absolute Gasteiger partial charge is 0.459 e. The van der Waals surface area contributed by atoms with Gasteiger partial charge in [-0.2, -0.15) is 0 Å². The summed E-state index contributed by atoms with van der Waals surface area (Å²) in [5.41, 5.74) is 3.77. The Balaban J connectivity index is 1.76. The number of anilines is 2. The molecule has 0 saturated carbocycles. The van der Waals surface area contributed by atoms with Gasteiger partial charge in [0.1, 0.15) is 0 Å². The summed E-state index contributed by atoms with van der Waals surface area (Å²) >= 11 is 0. The molecular formula is C23H22N2O3. The fourth-order valence-electron chi connectivity index (χ4n) is 3.82. The lowest BCUT2D eigenvalue weighted by Crippen LogP contribution is -2.51. The number of fused-ring (bicyclic) bond motifs is 1. The highest BCUT2D eigenvalue weighted by atomic mass is 16.3. The Kier molecular flexibility index (Phi) is 4.74. The van der Waals surface area contributed by atoms with E-state index in [9.17, 15) is 9.59 Å². The zero-order chi connectivity index (χ0) is 19.7. The summed E-state index contributed by atoms with van der Waals surface area (Å²) in [6.07, 6.45) is 2.25. The normalized spacial score (nSPS) is 16.0. The van der Waals surface area contributed by atoms with Gasteiger partial charge in [-0.3, -0.25) is 9.59 Å². The maximum atomic E-state index is 13.0. The van der Waals surface area contributed by atoms with Gasteiger partial charge in [-0.05, 0) is 48.7 Å². The van der Waals surface area contributed by atoms with Crippen LogP contribution in [0.3, 0.4) is 0 Å². The zero-order valence-electron chi connectivity index (χ0n) is 16.0. The molecular weight excluding hydrogens is 352 g/mol. The summed E-state index contributed by atoms with van der Waals surface area (Å²) in [6.45, 7) is 3.92. The smallest absolute Gasteiger partial charge is 0.294 e. The Labute approximate surface area is 164 Å². The summed E-state index contributed by atoms with van der Waals surface area (Å²) in [5.74, 6) is 0.0655. The summed E-state index contributed by atoms with van der Waals surface area (Å²) in [4.78, 5) is 28.8. The van der Waals surface area contributed by atoms with Crippen LogP contribution in [0.1, 0.15) is 35.5 Å². The molecule has 0 unspecified atom stereocenters. The van der Waals surface area contributed by atoms with Crippen molar-refractivity contribution in [2.45, 2.75) is 26.3 Å². The molecule has 2 aromatic carbocycles. The molecule has 2 heterocycles. The molecule has 0 saturated heterocycles. The van der Waals surface area contributed by atoms with E-state index in [0.29, 0.717) is 12.3 Å². The van der Waals surface area contributed by atoms with Gasteiger partial charge in [0, 0.05) is 13.5 Å². The molecule has 3 aromatic rings. The van der Waals surface area contributed by atoms with Crippen LogP contribution in [0.4, 0.5) is 11.4 Å². The maximum Gasteiger partial charge on any atom is 0.294 e. The lowest BCUT2D eigenvalue weighted by atomic mass is 10.0. The number of hydrogen-bond donors (Lipinski definition) is 0. The maximum absolute atomic E-state index is 13.0. The Morgan fingerprint density at radius 2 is 1.79 bits per heavy atom. The second-order valence-electron chi connectivity index (χ2n) is 7.12. The molecule has 1 aromatic heterocycles. The molecule has 2 amide bonds. The van der Waals surface area contributed by atoms with Crippen LogP contribution in [0.25, 0.3) is 0 Å². The quantitative estimate of drug-likeness (QED) is 0.688. The first-order chi connectivity index (χ1) is 13.5. The van der Waals surface area contributed by atoms with Gasteiger partial charge in [-0.1, -0.05) is 36.4 Å². The first kappa shape index (κ1) is 18.0. The lowest BCUT2D eigenvalue weighted by Gasteiger charge is -2.40. The molecule has 0 N–H and O–H groups in total. The molecule has 0 fully saturated rings. The van der Waals surface area contributed by atoms with Gasteiger partial charge < -0.3 is 14.2 Å². The Bertz CT molecular complexity index is 996. The standard InChI is InChI=1S/C23H22N2O3/c1-16-15-24(23(27)22-9-6-12-28-22)21-14-19(13-18-7-4-3-5-8-18)10-11-20(21)25(16)17(2)26/h3-12,14,16H,13,15H2,1-2H3/t16-/m0/s1. The second-order valence-corrected chi connectivity index (χ2v) is 7.12. The van der Waals surface area contributed by atoms with Crippen LogP contribution in [-0.2, 0) is 11.2 Å². The van der Waals surface area contributed by atoms with E-state index in [1.54, 1.807) is 28.9 Å². The number of carbonyl (C=O) groups is 2. The van der Waals surface area contributed by atoms with Gasteiger partial charge in [-0.25, -0.2) is 0 Å². The summed E-state index contributed by atoms with van der Waals surface area (Å²) in [7, 11) is 0. The first-order valence-corrected chi connectivity index (χ1v) is 9.36. The third-order valence-corrected chi connectivity index (χ3v) is 5.05. The molecule has 28 heavy (non-hydrogen) atoms. The SMILES string of the molecule is CC(=O)N1c2ccc(Cc3ccccc3)cc2N(C(=O)c2ccco2)C[C@@H]1C. The summed E-state index contributed by atoms with van der Waals surface area (Å²) < 4.78 is 5.33. The number of rotatable bonds is 3. The van der Waals surface area contributed by atoms with Crippen molar-refractivity contribution >= 4 is 23.2 Å². The Morgan fingerprint density at radius 1 is 1.00 bits per heavy atom. The van der Waals surface area contributed by atoms with Crippen molar-refractivity contribution in [3.8, 4) is 0 Å². The van der Waals surface area contributed by atoms with Crippen LogP contribution in [-0.4, -0.2) is 24.4 Å². The molecule has 4 rings (SSSR count). The topological polar surface area (TPSA) is 53.8 Å². The fourth-order valence-corrected chi connectivity index (χ4v) is 3.82. The highest BCUT2D eigenvalue weighted by molar-refractivity contribution is 6.09. The van der Waals surface area contributed by atoms with Crippen LogP contribution in [0.2, 0.25) is 0 Å². The van der Waals surface area contributed by atoms with E-state index in [1.165, 1.54) is 11.8 Å². The van der Waals surface area contributed by atoms with Gasteiger partial charge in [0.05, 0.1) is 23.7 Å². The van der Waals surface area contributed by atoms with Crippen LogP contribution >= 0.6 is 0 Å². The predicted octanol–water partition coefficient (Wildman–Crippen LogP) is 4.27. The minimum absolute atomic E-state index is 0.0327.